The lowest BCUT2D eigenvalue weighted by molar-refractivity contribution is 0.324. The summed E-state index contributed by atoms with van der Waals surface area (Å²) in [7, 11) is 0. The van der Waals surface area contributed by atoms with Crippen LogP contribution in [0.15, 0.2) is 23.3 Å². The third kappa shape index (κ3) is 2.76. The molecule has 0 aromatic heterocycles. The Morgan fingerprint density at radius 3 is 2.75 bits per heavy atom. The Balaban J connectivity index is 1.83. The zero-order valence-corrected chi connectivity index (χ0v) is 11.0. The zero-order valence-electron chi connectivity index (χ0n) is 11.0. The van der Waals surface area contributed by atoms with E-state index in [1.165, 1.54) is 19.3 Å². The molecule has 0 N–H and O–H groups in total. The topological polar surface area (TPSA) is 12.5 Å². The van der Waals surface area contributed by atoms with Crippen LogP contribution in [-0.2, 0) is 4.74 Å². The smallest absolute Gasteiger partial charge is 0.0902 e. The first kappa shape index (κ1) is 11.9. The van der Waals surface area contributed by atoms with Crippen molar-refractivity contribution in [3.05, 3.63) is 23.3 Å². The summed E-state index contributed by atoms with van der Waals surface area (Å²) in [6, 6.07) is 0. The Labute approximate surface area is 99.6 Å². The van der Waals surface area contributed by atoms with Gasteiger partial charge < -0.3 is 4.74 Å². The van der Waals surface area contributed by atoms with E-state index in [9.17, 15) is 0 Å². The van der Waals surface area contributed by atoms with Gasteiger partial charge in [-0.15, -0.1) is 0 Å². The standard InChI is InChI=1S/C15H24O/c1-11-5-8-13(9-6-11)12(2)7-10-14-15(3,4)16-14/h5,7,13-14H,6,8-10H2,1-4H3/b12-7-. The van der Waals surface area contributed by atoms with E-state index in [1.54, 1.807) is 11.1 Å². The van der Waals surface area contributed by atoms with Gasteiger partial charge in [0.25, 0.3) is 0 Å². The maximum atomic E-state index is 5.60. The first-order valence-corrected chi connectivity index (χ1v) is 6.49. The van der Waals surface area contributed by atoms with Gasteiger partial charge in [-0.25, -0.2) is 0 Å². The number of allylic oxidation sites excluding steroid dienone is 3. The minimum Gasteiger partial charge on any atom is -0.366 e. The fourth-order valence-electron chi connectivity index (χ4n) is 2.50. The summed E-state index contributed by atoms with van der Waals surface area (Å²) < 4.78 is 5.60. The summed E-state index contributed by atoms with van der Waals surface area (Å²) in [5.41, 5.74) is 3.27. The van der Waals surface area contributed by atoms with Crippen LogP contribution in [0.2, 0.25) is 0 Å². The Morgan fingerprint density at radius 1 is 1.56 bits per heavy atom. The van der Waals surface area contributed by atoms with Crippen LogP contribution in [0.3, 0.4) is 0 Å². The molecule has 2 rings (SSSR count). The summed E-state index contributed by atoms with van der Waals surface area (Å²) >= 11 is 0. The fourth-order valence-corrected chi connectivity index (χ4v) is 2.50. The summed E-state index contributed by atoms with van der Waals surface area (Å²) in [6.07, 6.45) is 10.2. The molecular formula is C15H24O. The summed E-state index contributed by atoms with van der Waals surface area (Å²) in [5, 5.41) is 0. The van der Waals surface area contributed by atoms with E-state index in [0.717, 1.165) is 12.3 Å². The number of hydrogen-bond donors (Lipinski definition) is 0. The van der Waals surface area contributed by atoms with E-state index in [0.29, 0.717) is 6.10 Å². The van der Waals surface area contributed by atoms with Gasteiger partial charge >= 0.3 is 0 Å². The van der Waals surface area contributed by atoms with Gasteiger partial charge in [0.1, 0.15) is 0 Å². The molecule has 0 spiro atoms. The quantitative estimate of drug-likeness (QED) is 0.512. The minimum atomic E-state index is 0.139. The molecule has 1 fully saturated rings. The average molecular weight is 220 g/mol. The Kier molecular flexibility index (Phi) is 3.25. The first-order chi connectivity index (χ1) is 7.49. The van der Waals surface area contributed by atoms with Gasteiger partial charge in [-0.2, -0.15) is 0 Å². The van der Waals surface area contributed by atoms with Crippen LogP contribution < -0.4 is 0 Å². The highest BCUT2D eigenvalue weighted by molar-refractivity contribution is 5.14. The van der Waals surface area contributed by atoms with E-state index in [2.05, 4.69) is 39.8 Å². The molecule has 0 amide bonds. The molecule has 16 heavy (non-hydrogen) atoms. The molecule has 2 aliphatic rings. The third-order valence-corrected chi connectivity index (χ3v) is 4.10. The van der Waals surface area contributed by atoms with Gasteiger partial charge in [0.2, 0.25) is 0 Å². The second-order valence-corrected chi connectivity index (χ2v) is 5.92. The van der Waals surface area contributed by atoms with Crippen molar-refractivity contribution >= 4 is 0 Å². The highest BCUT2D eigenvalue weighted by Crippen LogP contribution is 2.38. The molecule has 1 aliphatic heterocycles. The molecule has 0 aromatic carbocycles. The first-order valence-electron chi connectivity index (χ1n) is 6.49. The molecular weight excluding hydrogens is 196 g/mol. The number of epoxide rings is 1. The summed E-state index contributed by atoms with van der Waals surface area (Å²) in [5.74, 6) is 0.783. The SMILES string of the molecule is CC1=CCC(/C(C)=C\CC2OC2(C)C)CC1. The number of hydrogen-bond acceptors (Lipinski definition) is 1. The molecule has 1 heteroatoms. The van der Waals surface area contributed by atoms with Crippen molar-refractivity contribution < 1.29 is 4.74 Å². The maximum absolute atomic E-state index is 5.60. The van der Waals surface area contributed by atoms with Gasteiger partial charge in [0.05, 0.1) is 11.7 Å². The number of rotatable bonds is 3. The molecule has 90 valence electrons. The predicted octanol–water partition coefficient (Wildman–Crippen LogP) is 4.25. The highest BCUT2D eigenvalue weighted by Gasteiger charge is 2.46. The van der Waals surface area contributed by atoms with E-state index in [4.69, 9.17) is 4.74 Å². The zero-order chi connectivity index (χ0) is 11.8. The molecule has 1 heterocycles. The largest absolute Gasteiger partial charge is 0.366 e. The average Bonchev–Trinajstić information content (AvgIpc) is 2.84. The lowest BCUT2D eigenvalue weighted by atomic mass is 9.85. The van der Waals surface area contributed by atoms with Crippen molar-refractivity contribution in [2.75, 3.05) is 0 Å². The van der Waals surface area contributed by atoms with Crippen molar-refractivity contribution in [1.29, 1.82) is 0 Å². The van der Waals surface area contributed by atoms with Crippen LogP contribution >= 0.6 is 0 Å². The lowest BCUT2D eigenvalue weighted by Crippen LogP contribution is -2.07. The Morgan fingerprint density at radius 2 is 2.25 bits per heavy atom. The van der Waals surface area contributed by atoms with E-state index >= 15 is 0 Å². The lowest BCUT2D eigenvalue weighted by Gasteiger charge is -2.21. The Hall–Kier alpha value is -0.560. The summed E-state index contributed by atoms with van der Waals surface area (Å²) in [4.78, 5) is 0. The summed E-state index contributed by atoms with van der Waals surface area (Å²) in [6.45, 7) is 8.88. The normalized spacial score (nSPS) is 33.5. The highest BCUT2D eigenvalue weighted by atomic mass is 16.6. The van der Waals surface area contributed by atoms with Gasteiger partial charge in [-0.05, 0) is 59.3 Å². The monoisotopic (exact) mass is 220 g/mol. The van der Waals surface area contributed by atoms with E-state index in [-0.39, 0.29) is 5.60 Å². The number of ether oxygens (including phenoxy) is 1. The Bertz CT molecular complexity index is 322. The van der Waals surface area contributed by atoms with Crippen LogP contribution in [-0.4, -0.2) is 11.7 Å². The predicted molar refractivity (Wildman–Crippen MR) is 68.4 cm³/mol. The van der Waals surface area contributed by atoms with Crippen molar-refractivity contribution in [2.45, 2.75) is 65.1 Å². The van der Waals surface area contributed by atoms with Crippen molar-refractivity contribution in [3.63, 3.8) is 0 Å². The van der Waals surface area contributed by atoms with Gasteiger partial charge in [-0.3, -0.25) is 0 Å². The third-order valence-electron chi connectivity index (χ3n) is 4.10. The molecule has 1 saturated heterocycles. The molecule has 0 bridgehead atoms. The molecule has 1 aliphatic carbocycles. The molecule has 0 radical (unpaired) electrons. The van der Waals surface area contributed by atoms with Gasteiger partial charge in [0.15, 0.2) is 0 Å². The van der Waals surface area contributed by atoms with Crippen molar-refractivity contribution in [2.24, 2.45) is 5.92 Å². The fraction of sp³-hybridized carbons (Fsp3) is 0.733. The molecule has 0 aromatic rings. The molecule has 0 saturated carbocycles. The van der Waals surface area contributed by atoms with E-state index < -0.39 is 0 Å². The van der Waals surface area contributed by atoms with Crippen molar-refractivity contribution in [1.82, 2.24) is 0 Å². The van der Waals surface area contributed by atoms with Crippen LogP contribution in [0, 0.1) is 5.92 Å². The van der Waals surface area contributed by atoms with Gasteiger partial charge in [0, 0.05) is 0 Å². The second-order valence-electron chi connectivity index (χ2n) is 5.92. The van der Waals surface area contributed by atoms with Crippen molar-refractivity contribution in [3.8, 4) is 0 Å². The molecule has 2 atom stereocenters. The second kappa shape index (κ2) is 4.37. The van der Waals surface area contributed by atoms with Crippen LogP contribution in [0.4, 0.5) is 0 Å². The maximum Gasteiger partial charge on any atom is 0.0902 e. The molecule has 2 unspecified atom stereocenters. The molecule has 1 nitrogen and oxygen atoms in total. The van der Waals surface area contributed by atoms with Gasteiger partial charge in [-0.1, -0.05) is 23.3 Å². The van der Waals surface area contributed by atoms with Crippen LogP contribution in [0.1, 0.15) is 53.4 Å². The minimum absolute atomic E-state index is 0.139. The van der Waals surface area contributed by atoms with Crippen LogP contribution in [0.5, 0.6) is 0 Å². The van der Waals surface area contributed by atoms with Crippen LogP contribution in [0.25, 0.3) is 0 Å². The van der Waals surface area contributed by atoms with E-state index in [1.807, 2.05) is 0 Å².